The van der Waals surface area contributed by atoms with Gasteiger partial charge >= 0.3 is 0 Å². The van der Waals surface area contributed by atoms with Crippen molar-refractivity contribution in [1.82, 2.24) is 19.9 Å². The smallest absolute Gasteiger partial charge is 0.273 e. The van der Waals surface area contributed by atoms with E-state index in [1.807, 2.05) is 56.1 Å². The lowest BCUT2D eigenvalue weighted by atomic mass is 10.2. The van der Waals surface area contributed by atoms with Gasteiger partial charge in [-0.2, -0.15) is 4.98 Å². The van der Waals surface area contributed by atoms with Crippen LogP contribution in [0.4, 0.5) is 26.2 Å². The average molecular weight is 438 g/mol. The van der Waals surface area contributed by atoms with E-state index in [4.69, 9.17) is 0 Å². The molecule has 0 aliphatic carbocycles. The van der Waals surface area contributed by atoms with Gasteiger partial charge in [-0.05, 0) is 26.0 Å². The maximum Gasteiger partial charge on any atom is 0.273 e. The van der Waals surface area contributed by atoms with Crippen LogP contribution < -0.4 is 9.80 Å². The van der Waals surface area contributed by atoms with Gasteiger partial charge in [-0.25, -0.2) is 13.8 Å². The molecule has 0 spiro atoms. The lowest BCUT2D eigenvalue weighted by Gasteiger charge is -2.24. The summed E-state index contributed by atoms with van der Waals surface area (Å²) in [5.41, 5.74) is 2.65. The molecule has 0 radical (unpaired) electrons. The molecule has 0 saturated carbocycles. The van der Waals surface area contributed by atoms with Crippen molar-refractivity contribution in [1.29, 1.82) is 0 Å². The molecule has 5 rings (SSSR count). The Kier molecular flexibility index (Phi) is 4.72. The number of aromatic nitrogens is 3. The molecule has 0 atom stereocenters. The van der Waals surface area contributed by atoms with Gasteiger partial charge in [-0.1, -0.05) is 18.2 Å². The normalized spacial score (nSPS) is 17.5. The second kappa shape index (κ2) is 7.36. The third-order valence-corrected chi connectivity index (χ3v) is 6.12. The van der Waals surface area contributed by atoms with Crippen LogP contribution in [0.1, 0.15) is 36.3 Å². The Morgan fingerprint density at radius 2 is 1.97 bits per heavy atom. The first-order valence-electron chi connectivity index (χ1n) is 10.7. The molecule has 1 fully saturated rings. The van der Waals surface area contributed by atoms with Crippen molar-refractivity contribution in [2.24, 2.45) is 0 Å². The fourth-order valence-corrected chi connectivity index (χ4v) is 4.27. The minimum Gasteiger partial charge on any atom is -0.334 e. The highest BCUT2D eigenvalue weighted by Crippen LogP contribution is 2.37. The van der Waals surface area contributed by atoms with Crippen LogP contribution in [0, 0.1) is 0 Å². The third-order valence-electron chi connectivity index (χ3n) is 6.12. The summed E-state index contributed by atoms with van der Waals surface area (Å²) < 4.78 is 27.8. The minimum atomic E-state index is -2.79. The standard InChI is InChI=1S/C23H24F2N6O/c1-14(2)31-12-17-19(21(31)32)27-22(30-9-8-23(24,25)13-30)28-20(17)29(3)16-10-15-6-4-5-7-18(15)26-11-16/h4-7,10-11,14H,8-9,12-13H2,1-3H3. The monoisotopic (exact) mass is 438 g/mol. The van der Waals surface area contributed by atoms with Gasteiger partial charge in [0.15, 0.2) is 0 Å². The molecule has 0 unspecified atom stereocenters. The molecule has 1 aromatic carbocycles. The predicted molar refractivity (Wildman–Crippen MR) is 119 cm³/mol. The Balaban J connectivity index is 1.61. The Labute approximate surface area is 184 Å². The summed E-state index contributed by atoms with van der Waals surface area (Å²) in [6.45, 7) is 3.96. The van der Waals surface area contributed by atoms with Gasteiger partial charge in [0.1, 0.15) is 11.5 Å². The fourth-order valence-electron chi connectivity index (χ4n) is 4.27. The van der Waals surface area contributed by atoms with Crippen molar-refractivity contribution in [3.05, 3.63) is 47.8 Å². The molecular weight excluding hydrogens is 414 g/mol. The van der Waals surface area contributed by atoms with Crippen LogP contribution in [-0.2, 0) is 6.54 Å². The average Bonchev–Trinajstić information content (AvgIpc) is 3.31. The summed E-state index contributed by atoms with van der Waals surface area (Å²) in [6, 6.07) is 9.77. The van der Waals surface area contributed by atoms with E-state index in [2.05, 4.69) is 15.0 Å². The van der Waals surface area contributed by atoms with Crippen molar-refractivity contribution < 1.29 is 13.6 Å². The van der Waals surface area contributed by atoms with Crippen molar-refractivity contribution in [3.8, 4) is 0 Å². The van der Waals surface area contributed by atoms with Crippen LogP contribution >= 0.6 is 0 Å². The summed E-state index contributed by atoms with van der Waals surface area (Å²) in [7, 11) is 1.85. The number of hydrogen-bond acceptors (Lipinski definition) is 6. The number of fused-ring (bicyclic) bond motifs is 2. The third kappa shape index (κ3) is 3.41. The summed E-state index contributed by atoms with van der Waals surface area (Å²) in [6.07, 6.45) is 1.50. The van der Waals surface area contributed by atoms with Gasteiger partial charge in [0.2, 0.25) is 5.95 Å². The molecule has 0 bridgehead atoms. The predicted octanol–water partition coefficient (Wildman–Crippen LogP) is 4.00. The number of halogens is 2. The van der Waals surface area contributed by atoms with Crippen molar-refractivity contribution in [2.75, 3.05) is 29.9 Å². The molecule has 4 heterocycles. The number of rotatable bonds is 4. The summed E-state index contributed by atoms with van der Waals surface area (Å²) in [4.78, 5) is 31.7. The van der Waals surface area contributed by atoms with Gasteiger partial charge in [-0.3, -0.25) is 9.78 Å². The number of hydrogen-bond donors (Lipinski definition) is 0. The van der Waals surface area contributed by atoms with E-state index in [0.29, 0.717) is 17.9 Å². The lowest BCUT2D eigenvalue weighted by molar-refractivity contribution is 0.0256. The van der Waals surface area contributed by atoms with Crippen molar-refractivity contribution >= 4 is 34.3 Å². The van der Waals surface area contributed by atoms with E-state index in [1.165, 1.54) is 4.90 Å². The van der Waals surface area contributed by atoms with Crippen LogP contribution in [0.5, 0.6) is 0 Å². The van der Waals surface area contributed by atoms with Gasteiger partial charge in [0.25, 0.3) is 11.8 Å². The number of carbonyl (C=O) groups excluding carboxylic acids is 1. The highest BCUT2D eigenvalue weighted by molar-refractivity contribution is 5.99. The Morgan fingerprint density at radius 3 is 2.69 bits per heavy atom. The molecule has 1 amide bonds. The minimum absolute atomic E-state index is 0.0169. The van der Waals surface area contributed by atoms with Crippen LogP contribution in [0.2, 0.25) is 0 Å². The van der Waals surface area contributed by atoms with Gasteiger partial charge < -0.3 is 14.7 Å². The maximum atomic E-state index is 13.9. The largest absolute Gasteiger partial charge is 0.334 e. The van der Waals surface area contributed by atoms with E-state index < -0.39 is 12.5 Å². The number of benzene rings is 1. The van der Waals surface area contributed by atoms with E-state index >= 15 is 0 Å². The van der Waals surface area contributed by atoms with Crippen molar-refractivity contribution in [3.63, 3.8) is 0 Å². The molecule has 166 valence electrons. The van der Waals surface area contributed by atoms with Crippen LogP contribution in [0.25, 0.3) is 10.9 Å². The zero-order chi connectivity index (χ0) is 22.6. The number of anilines is 3. The number of carbonyl (C=O) groups is 1. The molecule has 2 aliphatic rings. The molecule has 2 aliphatic heterocycles. The van der Waals surface area contributed by atoms with E-state index in [1.54, 1.807) is 11.1 Å². The van der Waals surface area contributed by atoms with Crippen molar-refractivity contribution in [2.45, 2.75) is 38.8 Å². The molecule has 7 nitrogen and oxygen atoms in total. The Bertz CT molecular complexity index is 1210. The van der Waals surface area contributed by atoms with Gasteiger partial charge in [-0.15, -0.1) is 0 Å². The Hall–Kier alpha value is -3.36. The lowest BCUT2D eigenvalue weighted by Crippen LogP contribution is -2.31. The van der Waals surface area contributed by atoms with Crippen LogP contribution in [0.15, 0.2) is 36.5 Å². The zero-order valence-electron chi connectivity index (χ0n) is 18.2. The maximum absolute atomic E-state index is 13.9. The number of nitrogens with zero attached hydrogens (tertiary/aromatic N) is 6. The second-order valence-corrected chi connectivity index (χ2v) is 8.67. The molecule has 0 N–H and O–H groups in total. The SMILES string of the molecule is CC(C)N1Cc2c(nc(N3CCC(F)(F)C3)nc2N(C)c2cnc3ccccc3c2)C1=O. The van der Waals surface area contributed by atoms with E-state index in [0.717, 1.165) is 16.6 Å². The molecular formula is C23H24F2N6O. The summed E-state index contributed by atoms with van der Waals surface area (Å²) in [5, 5.41) is 0.974. The number of para-hydroxylation sites is 1. The molecule has 2 aromatic heterocycles. The quantitative estimate of drug-likeness (QED) is 0.614. The number of alkyl halides is 2. The van der Waals surface area contributed by atoms with Gasteiger partial charge in [0, 0.05) is 37.0 Å². The fraction of sp³-hybridized carbons (Fsp3) is 0.391. The van der Waals surface area contributed by atoms with E-state index in [9.17, 15) is 13.6 Å². The zero-order valence-corrected chi connectivity index (χ0v) is 18.2. The molecule has 3 aromatic rings. The molecule has 9 heteroatoms. The first-order chi connectivity index (χ1) is 15.2. The van der Waals surface area contributed by atoms with Crippen LogP contribution in [-0.4, -0.2) is 57.9 Å². The summed E-state index contributed by atoms with van der Waals surface area (Å²) in [5.74, 6) is -2.29. The first kappa shape index (κ1) is 20.5. The molecule has 32 heavy (non-hydrogen) atoms. The second-order valence-electron chi connectivity index (χ2n) is 8.67. The first-order valence-corrected chi connectivity index (χ1v) is 10.7. The number of pyridine rings is 1. The Morgan fingerprint density at radius 1 is 1.19 bits per heavy atom. The molecule has 1 saturated heterocycles. The topological polar surface area (TPSA) is 65.5 Å². The van der Waals surface area contributed by atoms with Crippen LogP contribution in [0.3, 0.4) is 0 Å². The summed E-state index contributed by atoms with van der Waals surface area (Å²) >= 11 is 0. The van der Waals surface area contributed by atoms with Gasteiger partial charge in [0.05, 0.1) is 30.5 Å². The van der Waals surface area contributed by atoms with E-state index in [-0.39, 0.29) is 36.6 Å². The highest BCUT2D eigenvalue weighted by atomic mass is 19.3. The number of amides is 1. The highest BCUT2D eigenvalue weighted by Gasteiger charge is 2.41.